The Labute approximate surface area is 534 Å². The highest BCUT2D eigenvalue weighted by atomic mass is 32.2. The molecular formula is C75H80O13SSi. The summed E-state index contributed by atoms with van der Waals surface area (Å²) in [5, 5.41) is 1.55. The van der Waals surface area contributed by atoms with Crippen LogP contribution in [0.15, 0.2) is 241 Å². The largest absolute Gasteiger partial charge is 0.457 e. The van der Waals surface area contributed by atoms with Crippen LogP contribution in [0.1, 0.15) is 78.7 Å². The zero-order valence-electron chi connectivity index (χ0n) is 51.7. The van der Waals surface area contributed by atoms with E-state index >= 15 is 0 Å². The Morgan fingerprint density at radius 3 is 1.42 bits per heavy atom. The zero-order chi connectivity index (χ0) is 62.7. The Balaban J connectivity index is 1.14. The van der Waals surface area contributed by atoms with E-state index in [1.54, 1.807) is 24.3 Å². The second kappa shape index (κ2) is 32.1. The lowest BCUT2D eigenvalue weighted by Gasteiger charge is -2.50. The van der Waals surface area contributed by atoms with Crippen LogP contribution in [0.5, 0.6) is 0 Å². The van der Waals surface area contributed by atoms with Crippen molar-refractivity contribution in [3.63, 3.8) is 0 Å². The van der Waals surface area contributed by atoms with Crippen molar-refractivity contribution >= 4 is 48.2 Å². The zero-order valence-corrected chi connectivity index (χ0v) is 53.5. The van der Waals surface area contributed by atoms with Gasteiger partial charge in [0.2, 0.25) is 0 Å². The van der Waals surface area contributed by atoms with Crippen LogP contribution >= 0.6 is 11.8 Å². The van der Waals surface area contributed by atoms with E-state index in [0.29, 0.717) is 0 Å². The average molecular weight is 1250 g/mol. The van der Waals surface area contributed by atoms with Gasteiger partial charge in [-0.1, -0.05) is 250 Å². The molecule has 0 saturated carbocycles. The molecule has 2 aliphatic rings. The fraction of sp³-hybridized carbons (Fsp3) is 0.320. The summed E-state index contributed by atoms with van der Waals surface area (Å²) in [7, 11) is -3.36. The average Bonchev–Trinajstić information content (AvgIpc) is 0.763. The van der Waals surface area contributed by atoms with Crippen molar-refractivity contribution in [2.45, 2.75) is 144 Å². The highest BCUT2D eigenvalue weighted by Gasteiger charge is 2.58. The number of aryl methyl sites for hydroxylation is 1. The van der Waals surface area contributed by atoms with Crippen LogP contribution in [0.25, 0.3) is 0 Å². The van der Waals surface area contributed by atoms with E-state index < -0.39 is 85.9 Å². The van der Waals surface area contributed by atoms with Gasteiger partial charge >= 0.3 is 11.9 Å². The number of benzene rings is 8. The number of rotatable bonds is 28. The van der Waals surface area contributed by atoms with Crippen molar-refractivity contribution in [2.75, 3.05) is 13.2 Å². The molecule has 0 bridgehead atoms. The number of ether oxygens (including phenoxy) is 9. The summed E-state index contributed by atoms with van der Waals surface area (Å²) >= 11 is 1.34. The predicted molar refractivity (Wildman–Crippen MR) is 349 cm³/mol. The van der Waals surface area contributed by atoms with Crippen molar-refractivity contribution in [1.82, 2.24) is 0 Å². The van der Waals surface area contributed by atoms with Crippen LogP contribution in [0.3, 0.4) is 0 Å². The topological polar surface area (TPSA) is 144 Å². The summed E-state index contributed by atoms with van der Waals surface area (Å²) in [4.78, 5) is 43.2. The SMILES string of the molecule is CC(=O)CCC(=O)O[C@@H]1[C@H](O[C@H]2O[C@H](COCc3ccccc3)[C@@H](OCc3ccccc3)[C@H](OCc3ccccc3)[C@H]2OCc2ccccc2)[C@@H](OC(=O)c2ccccc2)[C@H](Sc2ccc(C)cc2)O[C@@H]1CO[Si](c1ccccc1)(c1ccccc1)C(C)(C)C. The molecule has 0 aromatic heterocycles. The minimum Gasteiger partial charge on any atom is -0.457 e. The fourth-order valence-corrected chi connectivity index (χ4v) is 17.2. The van der Waals surface area contributed by atoms with Crippen LogP contribution in [0.4, 0.5) is 0 Å². The van der Waals surface area contributed by atoms with Gasteiger partial charge in [0.15, 0.2) is 18.5 Å². The molecular weight excluding hydrogens is 1170 g/mol. The molecule has 10 rings (SSSR count). The van der Waals surface area contributed by atoms with E-state index in [4.69, 9.17) is 47.1 Å². The molecule has 2 fully saturated rings. The van der Waals surface area contributed by atoms with Crippen LogP contribution in [-0.2, 0) is 83.1 Å². The maximum absolute atomic E-state index is 15.0. The molecule has 2 saturated heterocycles. The summed E-state index contributed by atoms with van der Waals surface area (Å²) in [6.45, 7) is 10.5. The maximum atomic E-state index is 15.0. The number of Topliss-reactive ketones (excluding diaryl/α,β-unsaturated/α-hetero) is 1. The predicted octanol–water partition coefficient (Wildman–Crippen LogP) is 13.0. The van der Waals surface area contributed by atoms with Gasteiger partial charge in [-0.25, -0.2) is 4.79 Å². The first kappa shape index (κ1) is 65.6. The lowest BCUT2D eigenvalue weighted by Crippen LogP contribution is -2.69. The molecule has 2 heterocycles. The van der Waals surface area contributed by atoms with Gasteiger partial charge in [-0.05, 0) is 75.8 Å². The summed E-state index contributed by atoms with van der Waals surface area (Å²) in [5.74, 6) is -1.58. The smallest absolute Gasteiger partial charge is 0.338 e. The molecule has 8 aromatic rings. The van der Waals surface area contributed by atoms with Crippen LogP contribution < -0.4 is 10.4 Å². The van der Waals surface area contributed by atoms with Crippen molar-refractivity contribution in [3.05, 3.63) is 270 Å². The van der Waals surface area contributed by atoms with Gasteiger partial charge in [-0.15, -0.1) is 0 Å². The molecule has 90 heavy (non-hydrogen) atoms. The van der Waals surface area contributed by atoms with E-state index in [9.17, 15) is 14.4 Å². The Bertz CT molecular complexity index is 3420. The molecule has 0 aliphatic carbocycles. The first-order valence-electron chi connectivity index (χ1n) is 30.8. The number of carbonyl (C=O) groups excluding carboxylic acids is 3. The molecule has 13 nitrogen and oxygen atoms in total. The molecule has 0 unspecified atom stereocenters. The Morgan fingerprint density at radius 1 is 0.467 bits per heavy atom. The first-order chi connectivity index (χ1) is 43.8. The summed E-state index contributed by atoms with van der Waals surface area (Å²) in [6.07, 6.45) is -10.8. The molecule has 15 heteroatoms. The summed E-state index contributed by atoms with van der Waals surface area (Å²) < 4.78 is 71.8. The normalized spacial score (nSPS) is 21.9. The van der Waals surface area contributed by atoms with Crippen molar-refractivity contribution in [1.29, 1.82) is 0 Å². The quantitative estimate of drug-likeness (QED) is 0.0339. The highest BCUT2D eigenvalue weighted by Crippen LogP contribution is 2.43. The maximum Gasteiger partial charge on any atom is 0.338 e. The third-order valence-corrected chi connectivity index (χ3v) is 22.2. The molecule has 10 atom stereocenters. The Kier molecular flexibility index (Phi) is 23.4. The molecule has 0 N–H and O–H groups in total. The number of hydrogen-bond donors (Lipinski definition) is 0. The third kappa shape index (κ3) is 17.4. The minimum absolute atomic E-state index is 0.00925. The third-order valence-electron chi connectivity index (χ3n) is 16.1. The number of carbonyl (C=O) groups is 3. The summed E-state index contributed by atoms with van der Waals surface area (Å²) in [5.41, 5.74) is 3.90. The van der Waals surface area contributed by atoms with E-state index in [-0.39, 0.29) is 63.8 Å². The Hall–Kier alpha value is -7.38. The number of thioether (sulfide) groups is 1. The van der Waals surface area contributed by atoms with E-state index in [0.717, 1.165) is 43.1 Å². The van der Waals surface area contributed by atoms with Crippen molar-refractivity contribution in [3.8, 4) is 0 Å². The molecule has 0 amide bonds. The number of hydrogen-bond acceptors (Lipinski definition) is 14. The number of ketones is 1. The van der Waals surface area contributed by atoms with E-state index in [1.807, 2.05) is 195 Å². The van der Waals surface area contributed by atoms with Crippen molar-refractivity contribution in [2.24, 2.45) is 0 Å². The number of esters is 2. The lowest BCUT2D eigenvalue weighted by atomic mass is 9.96. The van der Waals surface area contributed by atoms with Gasteiger partial charge in [0, 0.05) is 11.3 Å². The minimum atomic E-state index is -3.36. The Morgan fingerprint density at radius 2 is 0.922 bits per heavy atom. The van der Waals surface area contributed by atoms with Crippen LogP contribution in [0.2, 0.25) is 5.04 Å². The van der Waals surface area contributed by atoms with Gasteiger partial charge < -0.3 is 51.9 Å². The van der Waals surface area contributed by atoms with Crippen molar-refractivity contribution < 1.29 is 61.4 Å². The molecule has 468 valence electrons. The summed E-state index contributed by atoms with van der Waals surface area (Å²) in [6, 6.07) is 76.5. The second-order valence-corrected chi connectivity index (χ2v) is 29.2. The van der Waals surface area contributed by atoms with E-state index in [2.05, 4.69) is 45.0 Å². The first-order valence-corrected chi connectivity index (χ1v) is 33.6. The van der Waals surface area contributed by atoms with Crippen LogP contribution in [0, 0.1) is 6.92 Å². The van der Waals surface area contributed by atoms with Gasteiger partial charge in [0.25, 0.3) is 8.32 Å². The fourth-order valence-electron chi connectivity index (χ4n) is 11.5. The van der Waals surface area contributed by atoms with Gasteiger partial charge in [-0.2, -0.15) is 0 Å². The molecule has 8 aromatic carbocycles. The van der Waals surface area contributed by atoms with Gasteiger partial charge in [0.1, 0.15) is 47.8 Å². The van der Waals surface area contributed by atoms with E-state index in [1.165, 1.54) is 18.7 Å². The monoisotopic (exact) mass is 1250 g/mol. The molecule has 0 radical (unpaired) electrons. The second-order valence-electron chi connectivity index (χ2n) is 23.8. The molecule has 2 aliphatic heterocycles. The van der Waals surface area contributed by atoms with Gasteiger partial charge in [-0.3, -0.25) is 4.79 Å². The standard InChI is InChI=1S/C75H80O13SSi/c1-53-41-44-60(45-42-53)89-74-71(87-72(78)59-35-21-10-22-36-59)69(67(86-65(77)46-43-54(2)76)64(85-74)52-83-90(75(3,4)5,61-37-23-11-24-38-61)62-39-25-12-26-40-62)88-73-70(82-50-58-33-19-9-20-34-58)68(81-49-57-31-17-8-18-32-57)66(80-48-56-29-15-7-16-30-56)63(84-73)51-79-47-55-27-13-6-14-28-55/h6-42,44-45,63-64,66-71,73-74H,43,46-52H2,1-5H3/t63-,64-,66-,67+,68+,69+,70-,71-,73-,74+/m1/s1. The molecule has 0 spiro atoms. The highest BCUT2D eigenvalue weighted by molar-refractivity contribution is 7.99. The lowest BCUT2D eigenvalue weighted by molar-refractivity contribution is -0.355. The van der Waals surface area contributed by atoms with Crippen LogP contribution in [-0.4, -0.2) is 99.8 Å². The van der Waals surface area contributed by atoms with Gasteiger partial charge in [0.05, 0.1) is 51.6 Å².